The van der Waals surface area contributed by atoms with E-state index in [1.165, 1.54) is 11.8 Å². The smallest absolute Gasteiger partial charge is 0.282 e. The van der Waals surface area contributed by atoms with Crippen LogP contribution in [0.2, 0.25) is 0 Å². The number of carbonyl (C=O) groups is 2. The largest absolute Gasteiger partial charge is 0.324 e. The fourth-order valence-corrected chi connectivity index (χ4v) is 2.87. The molecule has 2 amide bonds. The highest BCUT2D eigenvalue weighted by Gasteiger charge is 2.23. The summed E-state index contributed by atoms with van der Waals surface area (Å²) in [5.74, 6) is 0.985. The van der Waals surface area contributed by atoms with E-state index in [9.17, 15) is 9.59 Å². The van der Waals surface area contributed by atoms with Crippen molar-refractivity contribution < 1.29 is 9.59 Å². The molecule has 0 bridgehead atoms. The molecule has 1 fully saturated rings. The van der Waals surface area contributed by atoms with Crippen molar-refractivity contribution in [2.75, 3.05) is 24.2 Å². The molecule has 0 atom stereocenters. The van der Waals surface area contributed by atoms with Gasteiger partial charge in [0.25, 0.3) is 5.24 Å². The Balaban J connectivity index is 2.01. The number of nitrogens with one attached hydrogen (secondary N) is 1. The number of thioether (sulfide) groups is 1. The number of hydrogen-bond donors (Lipinski definition) is 1. The molecule has 2 rings (SSSR count). The van der Waals surface area contributed by atoms with E-state index in [2.05, 4.69) is 19.2 Å². The van der Waals surface area contributed by atoms with Gasteiger partial charge in [0, 0.05) is 18.0 Å². The molecule has 0 spiro atoms. The summed E-state index contributed by atoms with van der Waals surface area (Å²) in [5.41, 5.74) is 1.94. The van der Waals surface area contributed by atoms with Gasteiger partial charge in [0.2, 0.25) is 5.91 Å². The zero-order chi connectivity index (χ0) is 13.8. The molecule has 19 heavy (non-hydrogen) atoms. The maximum absolute atomic E-state index is 12.0. The average Bonchev–Trinajstić information content (AvgIpc) is 2.75. The topological polar surface area (TPSA) is 49.4 Å². The number of rotatable bonds is 4. The van der Waals surface area contributed by atoms with E-state index in [0.717, 1.165) is 17.0 Å². The number of carbonyl (C=O) groups excluding carboxylic acids is 2. The van der Waals surface area contributed by atoms with E-state index in [0.29, 0.717) is 12.5 Å². The Labute approximate surface area is 117 Å². The lowest BCUT2D eigenvalue weighted by atomic mass is 10.0. The van der Waals surface area contributed by atoms with Gasteiger partial charge in [0.1, 0.15) is 6.54 Å². The highest BCUT2D eigenvalue weighted by Crippen LogP contribution is 2.24. The van der Waals surface area contributed by atoms with Crippen LogP contribution in [0.25, 0.3) is 0 Å². The Bertz CT molecular complexity index is 488. The van der Waals surface area contributed by atoms with Crippen molar-refractivity contribution >= 4 is 28.6 Å². The molecule has 1 heterocycles. The first-order chi connectivity index (χ1) is 9.08. The first-order valence-electron chi connectivity index (χ1n) is 6.38. The number of para-hydroxylation sites is 1. The quantitative estimate of drug-likeness (QED) is 0.921. The molecule has 0 saturated carbocycles. The van der Waals surface area contributed by atoms with Crippen molar-refractivity contribution in [3.8, 4) is 0 Å². The Kier molecular flexibility index (Phi) is 4.47. The summed E-state index contributed by atoms with van der Waals surface area (Å²) >= 11 is 1.27. The minimum absolute atomic E-state index is 0.00713. The van der Waals surface area contributed by atoms with Gasteiger partial charge in [-0.15, -0.1) is 0 Å². The monoisotopic (exact) mass is 278 g/mol. The van der Waals surface area contributed by atoms with E-state index in [1.54, 1.807) is 4.90 Å². The normalized spacial score (nSPS) is 15.1. The first kappa shape index (κ1) is 13.9. The zero-order valence-electron chi connectivity index (χ0n) is 11.2. The number of nitrogens with zero attached hydrogens (tertiary/aromatic N) is 1. The van der Waals surface area contributed by atoms with Crippen LogP contribution in [-0.4, -0.2) is 34.9 Å². The number of amides is 2. The van der Waals surface area contributed by atoms with Gasteiger partial charge >= 0.3 is 0 Å². The Hall–Kier alpha value is -1.49. The van der Waals surface area contributed by atoms with Gasteiger partial charge < -0.3 is 10.2 Å². The lowest BCUT2D eigenvalue weighted by molar-refractivity contribution is -0.116. The number of anilines is 1. The Morgan fingerprint density at radius 1 is 1.42 bits per heavy atom. The minimum Gasteiger partial charge on any atom is -0.324 e. The van der Waals surface area contributed by atoms with Gasteiger partial charge in [0.05, 0.1) is 0 Å². The molecule has 5 heteroatoms. The molecule has 0 radical (unpaired) electrons. The van der Waals surface area contributed by atoms with Gasteiger partial charge in [0.15, 0.2) is 0 Å². The van der Waals surface area contributed by atoms with E-state index in [1.807, 2.05) is 24.3 Å². The van der Waals surface area contributed by atoms with Crippen LogP contribution in [0.1, 0.15) is 25.3 Å². The Morgan fingerprint density at radius 3 is 2.79 bits per heavy atom. The van der Waals surface area contributed by atoms with E-state index < -0.39 is 0 Å². The predicted molar refractivity (Wildman–Crippen MR) is 78.6 cm³/mol. The SMILES string of the molecule is CC(C)c1ccccc1NC(=O)CN1CCSC1=O. The first-order valence-corrected chi connectivity index (χ1v) is 7.37. The molecule has 0 aromatic heterocycles. The molecule has 1 aromatic carbocycles. The molecule has 0 unspecified atom stereocenters. The molecular formula is C14H18N2O2S. The summed E-state index contributed by atoms with van der Waals surface area (Å²) in [6.07, 6.45) is 0. The van der Waals surface area contributed by atoms with Crippen molar-refractivity contribution in [2.45, 2.75) is 19.8 Å². The van der Waals surface area contributed by atoms with Crippen molar-refractivity contribution in [2.24, 2.45) is 0 Å². The molecule has 1 saturated heterocycles. The second kappa shape index (κ2) is 6.10. The van der Waals surface area contributed by atoms with E-state index in [4.69, 9.17) is 0 Å². The summed E-state index contributed by atoms with van der Waals surface area (Å²) in [7, 11) is 0. The van der Waals surface area contributed by atoms with E-state index >= 15 is 0 Å². The molecule has 102 valence electrons. The highest BCUT2D eigenvalue weighted by atomic mass is 32.2. The lowest BCUT2D eigenvalue weighted by Gasteiger charge is -2.17. The fourth-order valence-electron chi connectivity index (χ4n) is 2.05. The second-order valence-corrected chi connectivity index (χ2v) is 5.87. The van der Waals surface area contributed by atoms with Crippen LogP contribution >= 0.6 is 11.8 Å². The zero-order valence-corrected chi connectivity index (χ0v) is 12.0. The molecule has 1 aliphatic heterocycles. The summed E-state index contributed by atoms with van der Waals surface area (Å²) in [4.78, 5) is 25.0. The van der Waals surface area contributed by atoms with Gasteiger partial charge in [-0.25, -0.2) is 0 Å². The predicted octanol–water partition coefficient (Wildman–Crippen LogP) is 2.92. The summed E-state index contributed by atoms with van der Waals surface area (Å²) < 4.78 is 0. The van der Waals surface area contributed by atoms with Crippen molar-refractivity contribution in [3.05, 3.63) is 29.8 Å². The third-order valence-corrected chi connectivity index (χ3v) is 3.93. The van der Waals surface area contributed by atoms with Crippen molar-refractivity contribution in [1.82, 2.24) is 4.90 Å². The van der Waals surface area contributed by atoms with Crippen LogP contribution in [0.5, 0.6) is 0 Å². The van der Waals surface area contributed by atoms with Crippen LogP contribution in [0.4, 0.5) is 10.5 Å². The van der Waals surface area contributed by atoms with Gasteiger partial charge in [-0.1, -0.05) is 43.8 Å². The standard InChI is InChI=1S/C14H18N2O2S/c1-10(2)11-5-3-4-6-12(11)15-13(17)9-16-7-8-19-14(16)18/h3-6,10H,7-9H2,1-2H3,(H,15,17). The third-order valence-electron chi connectivity index (χ3n) is 3.04. The van der Waals surface area contributed by atoms with Gasteiger partial charge in [-0.3, -0.25) is 9.59 Å². The molecule has 0 aliphatic carbocycles. The van der Waals surface area contributed by atoms with Gasteiger partial charge in [-0.05, 0) is 17.5 Å². The third kappa shape index (κ3) is 3.50. The average molecular weight is 278 g/mol. The lowest BCUT2D eigenvalue weighted by Crippen LogP contribution is -2.33. The summed E-state index contributed by atoms with van der Waals surface area (Å²) in [5, 5.41) is 2.89. The van der Waals surface area contributed by atoms with Crippen LogP contribution < -0.4 is 5.32 Å². The van der Waals surface area contributed by atoms with Gasteiger partial charge in [-0.2, -0.15) is 0 Å². The molecule has 4 nitrogen and oxygen atoms in total. The fraction of sp³-hybridized carbons (Fsp3) is 0.429. The minimum atomic E-state index is -0.135. The van der Waals surface area contributed by atoms with Crippen LogP contribution in [0, 0.1) is 0 Å². The van der Waals surface area contributed by atoms with Crippen LogP contribution in [0.3, 0.4) is 0 Å². The highest BCUT2D eigenvalue weighted by molar-refractivity contribution is 8.13. The Morgan fingerprint density at radius 2 is 2.16 bits per heavy atom. The maximum atomic E-state index is 12.0. The van der Waals surface area contributed by atoms with Crippen molar-refractivity contribution in [1.29, 1.82) is 0 Å². The number of benzene rings is 1. The van der Waals surface area contributed by atoms with E-state index in [-0.39, 0.29) is 17.7 Å². The molecule has 1 aromatic rings. The van der Waals surface area contributed by atoms with Crippen molar-refractivity contribution in [3.63, 3.8) is 0 Å². The maximum Gasteiger partial charge on any atom is 0.282 e. The number of hydrogen-bond acceptors (Lipinski definition) is 3. The molecule has 1 aliphatic rings. The summed E-state index contributed by atoms with van der Waals surface area (Å²) in [6, 6.07) is 7.77. The molecule has 1 N–H and O–H groups in total. The molecular weight excluding hydrogens is 260 g/mol. The van der Waals surface area contributed by atoms with Crippen LogP contribution in [-0.2, 0) is 4.79 Å². The second-order valence-electron chi connectivity index (χ2n) is 4.83. The summed E-state index contributed by atoms with van der Waals surface area (Å²) in [6.45, 7) is 4.97. The van der Waals surface area contributed by atoms with Crippen LogP contribution in [0.15, 0.2) is 24.3 Å².